The van der Waals surface area contributed by atoms with Gasteiger partial charge in [-0.15, -0.1) is 0 Å². The van der Waals surface area contributed by atoms with Crippen molar-refractivity contribution in [3.05, 3.63) is 93.8 Å². The van der Waals surface area contributed by atoms with Gasteiger partial charge in [0.1, 0.15) is 0 Å². The van der Waals surface area contributed by atoms with Crippen LogP contribution in [0, 0.1) is 22.7 Å². The van der Waals surface area contributed by atoms with Gasteiger partial charge in [-0.2, -0.15) is 10.5 Å². The fourth-order valence-corrected chi connectivity index (χ4v) is 3.32. The quantitative estimate of drug-likeness (QED) is 0.549. The van der Waals surface area contributed by atoms with E-state index in [-0.39, 0.29) is 6.61 Å². The third kappa shape index (κ3) is 5.62. The Morgan fingerprint density at radius 3 is 2.38 bits per heavy atom. The molecule has 0 saturated heterocycles. The minimum atomic E-state index is -0.630. The van der Waals surface area contributed by atoms with E-state index in [9.17, 15) is 9.59 Å². The number of ether oxygens (including phenoxy) is 2. The number of hydrogen-bond donors (Lipinski definition) is 1. The van der Waals surface area contributed by atoms with Crippen LogP contribution in [0.4, 0.5) is 0 Å². The van der Waals surface area contributed by atoms with Gasteiger partial charge in [0, 0.05) is 18.3 Å². The highest BCUT2D eigenvalue weighted by Crippen LogP contribution is 2.23. The van der Waals surface area contributed by atoms with Crippen molar-refractivity contribution in [2.45, 2.75) is 19.8 Å². The van der Waals surface area contributed by atoms with Gasteiger partial charge in [-0.25, -0.2) is 9.59 Å². The van der Waals surface area contributed by atoms with Gasteiger partial charge >= 0.3 is 11.9 Å². The van der Waals surface area contributed by atoms with Crippen LogP contribution in [-0.2, 0) is 27.1 Å². The van der Waals surface area contributed by atoms with Crippen molar-refractivity contribution in [1.82, 2.24) is 4.98 Å². The average Bonchev–Trinajstić information content (AvgIpc) is 3.20. The zero-order valence-electron chi connectivity index (χ0n) is 17.6. The van der Waals surface area contributed by atoms with Crippen molar-refractivity contribution in [3.8, 4) is 12.1 Å². The number of rotatable bonds is 8. The van der Waals surface area contributed by atoms with E-state index >= 15 is 0 Å². The van der Waals surface area contributed by atoms with Gasteiger partial charge in [0.15, 0.2) is 6.61 Å². The van der Waals surface area contributed by atoms with Crippen molar-refractivity contribution in [2.75, 3.05) is 13.2 Å². The molecule has 0 aliphatic heterocycles. The Morgan fingerprint density at radius 2 is 1.69 bits per heavy atom. The number of H-pyrrole nitrogens is 1. The first-order valence-corrected chi connectivity index (χ1v) is 10.0. The van der Waals surface area contributed by atoms with E-state index in [2.05, 4.69) is 17.1 Å². The van der Waals surface area contributed by atoms with Crippen LogP contribution in [0.25, 0.3) is 0 Å². The molecule has 0 amide bonds. The highest BCUT2D eigenvalue weighted by atomic mass is 16.6. The molecule has 0 unspecified atom stereocenters. The molecule has 0 spiro atoms. The number of hydrogen-bond acceptors (Lipinski definition) is 6. The Bertz CT molecular complexity index is 1200. The van der Waals surface area contributed by atoms with Gasteiger partial charge in [-0.05, 0) is 54.3 Å². The summed E-state index contributed by atoms with van der Waals surface area (Å²) in [6, 6.07) is 18.4. The number of carbonyl (C=O) groups is 2. The fraction of sp³-hybridized carbons (Fsp3) is 0.200. The van der Waals surface area contributed by atoms with Crippen LogP contribution in [-0.4, -0.2) is 30.1 Å². The summed E-state index contributed by atoms with van der Waals surface area (Å²) in [6.07, 6.45) is 2.56. The van der Waals surface area contributed by atoms with Crippen molar-refractivity contribution >= 4 is 11.9 Å². The van der Waals surface area contributed by atoms with Crippen molar-refractivity contribution < 1.29 is 19.1 Å². The lowest BCUT2D eigenvalue weighted by atomic mass is 9.99. The summed E-state index contributed by atoms with van der Waals surface area (Å²) in [6.45, 7) is 1.40. The summed E-state index contributed by atoms with van der Waals surface area (Å²) >= 11 is 0. The second-order valence-corrected chi connectivity index (χ2v) is 7.02. The smallest absolute Gasteiger partial charge is 0.344 e. The molecule has 1 heterocycles. The monoisotopic (exact) mass is 427 g/mol. The maximum Gasteiger partial charge on any atom is 0.344 e. The number of aromatic nitrogens is 1. The Labute approximate surface area is 185 Å². The van der Waals surface area contributed by atoms with E-state index in [1.807, 2.05) is 18.2 Å². The van der Waals surface area contributed by atoms with Gasteiger partial charge in [-0.1, -0.05) is 24.3 Å². The van der Waals surface area contributed by atoms with Crippen LogP contribution >= 0.6 is 0 Å². The molecule has 32 heavy (non-hydrogen) atoms. The van der Waals surface area contributed by atoms with Crippen LogP contribution in [0.5, 0.6) is 0 Å². The largest absolute Gasteiger partial charge is 0.463 e. The Hall–Kier alpha value is -4.36. The predicted molar refractivity (Wildman–Crippen MR) is 116 cm³/mol. The minimum Gasteiger partial charge on any atom is -0.463 e. The average molecular weight is 427 g/mol. The summed E-state index contributed by atoms with van der Waals surface area (Å²) in [5.41, 5.74) is 4.53. The number of nitriles is 2. The van der Waals surface area contributed by atoms with Crippen LogP contribution in [0.15, 0.2) is 54.7 Å². The molecule has 7 nitrogen and oxygen atoms in total. The molecular weight excluding hydrogens is 406 g/mol. The molecule has 1 N–H and O–H groups in total. The molecule has 0 aliphatic rings. The van der Waals surface area contributed by atoms with E-state index in [0.717, 1.165) is 11.1 Å². The summed E-state index contributed by atoms with van der Waals surface area (Å²) in [4.78, 5) is 27.7. The Kier molecular flexibility index (Phi) is 7.40. The van der Waals surface area contributed by atoms with E-state index in [0.29, 0.717) is 40.8 Å². The lowest BCUT2D eigenvalue weighted by molar-refractivity contribution is -0.146. The first-order chi connectivity index (χ1) is 15.5. The molecule has 3 aromatic rings. The van der Waals surface area contributed by atoms with Crippen LogP contribution in [0.2, 0.25) is 0 Å². The Morgan fingerprint density at radius 1 is 0.938 bits per heavy atom. The lowest BCUT2D eigenvalue weighted by Crippen LogP contribution is -2.18. The number of nitrogens with zero attached hydrogens (tertiary/aromatic N) is 2. The minimum absolute atomic E-state index is 0.199. The zero-order valence-corrected chi connectivity index (χ0v) is 17.6. The SMILES string of the molecule is CCOC(=O)COC(=O)c1c(Cc2ccc(C#N)cc2)c[nH]c1Cc1cccc(C#N)c1. The van der Waals surface area contributed by atoms with Crippen molar-refractivity contribution in [2.24, 2.45) is 0 Å². The third-order valence-electron chi connectivity index (χ3n) is 4.79. The zero-order chi connectivity index (χ0) is 22.9. The van der Waals surface area contributed by atoms with Crippen LogP contribution < -0.4 is 0 Å². The second-order valence-electron chi connectivity index (χ2n) is 7.02. The van der Waals surface area contributed by atoms with Gasteiger partial charge in [0.25, 0.3) is 0 Å². The highest BCUT2D eigenvalue weighted by Gasteiger charge is 2.22. The first kappa shape index (κ1) is 22.3. The predicted octanol–water partition coefficient (Wildman–Crippen LogP) is 3.66. The number of carbonyl (C=O) groups excluding carboxylic acids is 2. The molecule has 2 aromatic carbocycles. The topological polar surface area (TPSA) is 116 Å². The third-order valence-corrected chi connectivity index (χ3v) is 4.79. The first-order valence-electron chi connectivity index (χ1n) is 10.0. The molecule has 0 bridgehead atoms. The van der Waals surface area contributed by atoms with Crippen LogP contribution in [0.1, 0.15) is 50.8 Å². The van der Waals surface area contributed by atoms with Gasteiger partial charge in [0.2, 0.25) is 0 Å². The Balaban J connectivity index is 1.89. The lowest BCUT2D eigenvalue weighted by Gasteiger charge is -2.09. The highest BCUT2D eigenvalue weighted by molar-refractivity contribution is 5.94. The molecule has 160 valence electrons. The van der Waals surface area contributed by atoms with Crippen LogP contribution in [0.3, 0.4) is 0 Å². The van der Waals surface area contributed by atoms with Gasteiger partial charge in [-0.3, -0.25) is 0 Å². The summed E-state index contributed by atoms with van der Waals surface area (Å²) in [5.74, 6) is -1.25. The molecular formula is C25H21N3O4. The van der Waals surface area contributed by atoms with Gasteiger partial charge < -0.3 is 14.5 Å². The van der Waals surface area contributed by atoms with E-state index < -0.39 is 18.5 Å². The molecule has 0 radical (unpaired) electrons. The molecule has 0 atom stereocenters. The van der Waals surface area contributed by atoms with Crippen molar-refractivity contribution in [3.63, 3.8) is 0 Å². The van der Waals surface area contributed by atoms with Crippen molar-refractivity contribution in [1.29, 1.82) is 10.5 Å². The van der Waals surface area contributed by atoms with E-state index in [4.69, 9.17) is 20.0 Å². The molecule has 3 rings (SSSR count). The maximum atomic E-state index is 12.9. The standard InChI is InChI=1S/C25H21N3O4/c1-2-31-23(29)16-32-25(30)24-21(11-17-6-8-18(13-26)9-7-17)15-28-22(24)12-19-4-3-5-20(10-19)14-27/h3-10,15,28H,2,11-12,16H2,1H3. The number of aromatic amines is 1. The summed E-state index contributed by atoms with van der Waals surface area (Å²) < 4.78 is 10.0. The molecule has 0 aliphatic carbocycles. The van der Waals surface area contributed by atoms with E-state index in [1.165, 1.54) is 0 Å². The number of esters is 2. The van der Waals surface area contributed by atoms with E-state index in [1.54, 1.807) is 43.5 Å². The second kappa shape index (κ2) is 10.6. The fourth-order valence-electron chi connectivity index (χ4n) is 3.32. The molecule has 0 fully saturated rings. The summed E-state index contributed by atoms with van der Waals surface area (Å²) in [7, 11) is 0. The maximum absolute atomic E-state index is 12.9. The molecule has 0 saturated carbocycles. The number of benzene rings is 2. The number of nitrogens with one attached hydrogen (secondary N) is 1. The molecule has 1 aromatic heterocycles. The van der Waals surface area contributed by atoms with Gasteiger partial charge in [0.05, 0.1) is 35.4 Å². The molecule has 7 heteroatoms. The normalized spacial score (nSPS) is 10.1. The summed E-state index contributed by atoms with van der Waals surface area (Å²) in [5, 5.41) is 18.1.